The minimum absolute atomic E-state index is 0. The fourth-order valence-electron chi connectivity index (χ4n) is 2.29. The molecule has 1 aromatic rings. The first kappa shape index (κ1) is 16.1. The molecule has 1 fully saturated rings. The molecular weight excluding hydrogens is 302 g/mol. The molecule has 1 aromatic heterocycles. The van der Waals surface area contributed by atoms with Crippen LogP contribution in [0.3, 0.4) is 0 Å². The Morgan fingerprint density at radius 3 is 2.81 bits per heavy atom. The second-order valence-electron chi connectivity index (χ2n) is 4.79. The monoisotopic (exact) mass is 319 g/mol. The molecular formula is C11H18ClN5O4. The lowest BCUT2D eigenvalue weighted by Crippen LogP contribution is -2.33. The average Bonchev–Trinajstić information content (AvgIpc) is 3.07. The fraction of sp³-hybridized carbons (Fsp3) is 0.727. The van der Waals surface area contributed by atoms with Gasteiger partial charge in [-0.3, -0.25) is 4.99 Å². The molecule has 3 rings (SSSR count). The molecule has 0 bridgehead atoms. The highest BCUT2D eigenvalue weighted by Crippen LogP contribution is 2.28. The van der Waals surface area contributed by atoms with Crippen molar-refractivity contribution in [2.45, 2.75) is 31.0 Å². The second kappa shape index (κ2) is 6.67. The maximum atomic E-state index is 9.91. The van der Waals surface area contributed by atoms with Crippen molar-refractivity contribution in [3.05, 3.63) is 12.2 Å². The van der Waals surface area contributed by atoms with Crippen LogP contribution >= 0.6 is 12.4 Å². The summed E-state index contributed by atoms with van der Waals surface area (Å²) in [4.78, 5) is 8.40. The molecule has 21 heavy (non-hydrogen) atoms. The molecule has 9 nitrogen and oxygen atoms in total. The summed E-state index contributed by atoms with van der Waals surface area (Å²) in [5.41, 5.74) is 0. The van der Waals surface area contributed by atoms with Crippen LogP contribution in [0.5, 0.6) is 0 Å². The van der Waals surface area contributed by atoms with E-state index >= 15 is 0 Å². The number of aliphatic imine (C=N–C) groups is 1. The fourth-order valence-corrected chi connectivity index (χ4v) is 2.29. The summed E-state index contributed by atoms with van der Waals surface area (Å²) in [6.07, 6.45) is -1.63. The van der Waals surface area contributed by atoms with Crippen LogP contribution < -0.4 is 5.32 Å². The van der Waals surface area contributed by atoms with Crippen LogP contribution in [-0.4, -0.2) is 73.9 Å². The number of amidine groups is 1. The molecule has 2 aliphatic rings. The summed E-state index contributed by atoms with van der Waals surface area (Å²) in [5.74, 6) is 1.03. The normalized spacial score (nSPS) is 32.2. The Hall–Kier alpha value is -1.26. The summed E-state index contributed by atoms with van der Waals surface area (Å²) >= 11 is 0. The Morgan fingerprint density at radius 2 is 2.19 bits per heavy atom. The first-order chi connectivity index (χ1) is 9.70. The molecule has 0 amide bonds. The van der Waals surface area contributed by atoms with Gasteiger partial charge < -0.3 is 25.4 Å². The van der Waals surface area contributed by atoms with E-state index in [1.807, 2.05) is 0 Å². The zero-order valence-corrected chi connectivity index (χ0v) is 12.0. The molecule has 0 aromatic carbocycles. The number of rotatable bonds is 3. The van der Waals surface area contributed by atoms with E-state index in [1.165, 1.54) is 11.0 Å². The first-order valence-electron chi connectivity index (χ1n) is 6.53. The molecule has 1 saturated heterocycles. The first-order valence-corrected chi connectivity index (χ1v) is 6.53. The lowest BCUT2D eigenvalue weighted by molar-refractivity contribution is -0.0588. The summed E-state index contributed by atoms with van der Waals surface area (Å²) in [6, 6.07) is 0. The predicted molar refractivity (Wildman–Crippen MR) is 74.3 cm³/mol. The van der Waals surface area contributed by atoms with Gasteiger partial charge in [0.1, 0.15) is 24.6 Å². The van der Waals surface area contributed by atoms with Gasteiger partial charge in [-0.2, -0.15) is 0 Å². The number of hydrogen-bond acceptors (Lipinski definition) is 8. The summed E-state index contributed by atoms with van der Waals surface area (Å²) < 4.78 is 6.70. The minimum Gasteiger partial charge on any atom is -0.394 e. The average molecular weight is 320 g/mol. The van der Waals surface area contributed by atoms with Crippen molar-refractivity contribution in [1.82, 2.24) is 20.1 Å². The van der Waals surface area contributed by atoms with Crippen LogP contribution in [0, 0.1) is 0 Å². The smallest absolute Gasteiger partial charge is 0.216 e. The second-order valence-corrected chi connectivity index (χ2v) is 4.79. The van der Waals surface area contributed by atoms with Crippen LogP contribution in [-0.2, 0) is 4.74 Å². The molecule has 0 spiro atoms. The van der Waals surface area contributed by atoms with Crippen molar-refractivity contribution in [2.75, 3.05) is 19.7 Å². The van der Waals surface area contributed by atoms with Crippen molar-refractivity contribution >= 4 is 18.2 Å². The number of nitrogens with zero attached hydrogens (tertiary/aromatic N) is 4. The van der Waals surface area contributed by atoms with E-state index < -0.39 is 24.5 Å². The molecule has 2 aliphatic heterocycles. The van der Waals surface area contributed by atoms with E-state index in [0.29, 0.717) is 11.7 Å². The van der Waals surface area contributed by atoms with Gasteiger partial charge in [0, 0.05) is 13.1 Å². The number of aliphatic hydroxyl groups is 3. The van der Waals surface area contributed by atoms with Gasteiger partial charge in [0.05, 0.1) is 6.61 Å². The van der Waals surface area contributed by atoms with Crippen LogP contribution in [0.1, 0.15) is 18.5 Å². The number of hydrogen-bond donors (Lipinski definition) is 4. The Labute approximate surface area is 127 Å². The lowest BCUT2D eigenvalue weighted by Gasteiger charge is -2.14. The third-order valence-electron chi connectivity index (χ3n) is 3.40. The molecule has 4 N–H and O–H groups in total. The number of halogens is 1. The predicted octanol–water partition coefficient (Wildman–Crippen LogP) is -1.95. The van der Waals surface area contributed by atoms with E-state index in [-0.39, 0.29) is 19.0 Å². The van der Waals surface area contributed by atoms with E-state index in [0.717, 1.165) is 19.5 Å². The van der Waals surface area contributed by atoms with Gasteiger partial charge >= 0.3 is 0 Å². The zero-order chi connectivity index (χ0) is 14.1. The number of nitrogens with one attached hydrogen (secondary N) is 1. The molecule has 0 aliphatic carbocycles. The quantitative estimate of drug-likeness (QED) is 0.510. The highest BCUT2D eigenvalue weighted by Gasteiger charge is 2.44. The topological polar surface area (TPSA) is 125 Å². The Kier molecular flexibility index (Phi) is 5.12. The standard InChI is InChI=1S/C11H17N5O4.ClH/c17-4-6-7(18)8(19)11(20-6)16-5-14-10(15-16)9-12-2-1-3-13-9;/h5-8,11,17-19H,1-4H2,(H,12,13);1H/t6-,7-,8-,11-;/m1./s1. The SMILES string of the molecule is Cl.OC[C@H]1O[C@@H](n2cnc(C3=NCCCN3)n2)[C@H](O)[C@@H]1O. The molecule has 10 heteroatoms. The van der Waals surface area contributed by atoms with Crippen molar-refractivity contribution in [2.24, 2.45) is 4.99 Å². The van der Waals surface area contributed by atoms with Crippen molar-refractivity contribution < 1.29 is 20.1 Å². The summed E-state index contributed by atoms with van der Waals surface area (Å²) in [6.45, 7) is 1.18. The number of aliphatic hydroxyl groups excluding tert-OH is 3. The third kappa shape index (κ3) is 3.01. The van der Waals surface area contributed by atoms with Crippen molar-refractivity contribution in [3.63, 3.8) is 0 Å². The number of ether oxygens (including phenoxy) is 1. The molecule has 3 heterocycles. The largest absolute Gasteiger partial charge is 0.394 e. The Balaban J connectivity index is 0.00000161. The summed E-state index contributed by atoms with van der Waals surface area (Å²) in [7, 11) is 0. The molecule has 4 atom stereocenters. The maximum Gasteiger partial charge on any atom is 0.216 e. The molecule has 0 unspecified atom stereocenters. The van der Waals surface area contributed by atoms with Gasteiger partial charge in [-0.25, -0.2) is 9.67 Å². The Morgan fingerprint density at radius 1 is 1.38 bits per heavy atom. The van der Waals surface area contributed by atoms with Gasteiger partial charge in [-0.1, -0.05) is 0 Å². The highest BCUT2D eigenvalue weighted by atomic mass is 35.5. The van der Waals surface area contributed by atoms with Gasteiger partial charge in [0.25, 0.3) is 0 Å². The van der Waals surface area contributed by atoms with Crippen molar-refractivity contribution in [1.29, 1.82) is 0 Å². The van der Waals surface area contributed by atoms with Crippen LogP contribution in [0.15, 0.2) is 11.3 Å². The molecule has 118 valence electrons. The molecule has 0 saturated carbocycles. The van der Waals surface area contributed by atoms with Crippen LogP contribution in [0.25, 0.3) is 0 Å². The van der Waals surface area contributed by atoms with E-state index in [9.17, 15) is 10.2 Å². The zero-order valence-electron chi connectivity index (χ0n) is 11.2. The van der Waals surface area contributed by atoms with E-state index in [2.05, 4.69) is 20.4 Å². The Bertz CT molecular complexity index is 511. The minimum atomic E-state index is -1.16. The van der Waals surface area contributed by atoms with Gasteiger partial charge in [-0.15, -0.1) is 17.5 Å². The van der Waals surface area contributed by atoms with Crippen molar-refractivity contribution in [3.8, 4) is 0 Å². The lowest BCUT2D eigenvalue weighted by atomic mass is 10.1. The van der Waals surface area contributed by atoms with E-state index in [1.54, 1.807) is 0 Å². The maximum absolute atomic E-state index is 9.91. The van der Waals surface area contributed by atoms with Gasteiger partial charge in [-0.05, 0) is 6.42 Å². The van der Waals surface area contributed by atoms with E-state index in [4.69, 9.17) is 9.84 Å². The van der Waals surface area contributed by atoms with Gasteiger partial charge in [0.15, 0.2) is 12.1 Å². The third-order valence-corrected chi connectivity index (χ3v) is 3.40. The van der Waals surface area contributed by atoms with Crippen LogP contribution in [0.4, 0.5) is 0 Å². The molecule has 0 radical (unpaired) electrons. The summed E-state index contributed by atoms with van der Waals surface area (Å²) in [5, 5.41) is 36.0. The highest BCUT2D eigenvalue weighted by molar-refractivity contribution is 5.95. The van der Waals surface area contributed by atoms with Crippen LogP contribution in [0.2, 0.25) is 0 Å². The van der Waals surface area contributed by atoms with Gasteiger partial charge in [0.2, 0.25) is 5.82 Å². The number of aromatic nitrogens is 3.